The van der Waals surface area contributed by atoms with Crippen LogP contribution < -0.4 is 5.43 Å². The number of carbonyl (C=O) groups is 1. The third kappa shape index (κ3) is 2.36. The standard InChI is InChI=1S/C13H15BrN2O2/c14-12-4-3-11(18-12)13(17)16-15-7-10-6-8-1-2-9(10)5-8/h3-4,7-10H,1-2,5-6H2,(H,16,17)/b15-7-/t8-,9-,10+/m0/s1. The first-order valence-corrected chi connectivity index (χ1v) is 7.10. The molecule has 0 saturated heterocycles. The maximum absolute atomic E-state index is 11.7. The summed E-state index contributed by atoms with van der Waals surface area (Å²) in [5, 5.41) is 4.06. The van der Waals surface area contributed by atoms with Gasteiger partial charge < -0.3 is 4.42 Å². The molecule has 2 fully saturated rings. The van der Waals surface area contributed by atoms with Gasteiger partial charge in [0, 0.05) is 6.21 Å². The highest BCUT2D eigenvalue weighted by Gasteiger charge is 2.38. The molecule has 1 amide bonds. The zero-order valence-electron chi connectivity index (χ0n) is 9.93. The molecular weight excluding hydrogens is 296 g/mol. The number of hydrogen-bond acceptors (Lipinski definition) is 3. The van der Waals surface area contributed by atoms with Gasteiger partial charge in [0.2, 0.25) is 0 Å². The van der Waals surface area contributed by atoms with Gasteiger partial charge in [-0.15, -0.1) is 0 Å². The van der Waals surface area contributed by atoms with E-state index in [9.17, 15) is 4.79 Å². The molecule has 2 aliphatic rings. The molecule has 5 heteroatoms. The monoisotopic (exact) mass is 310 g/mol. The maximum atomic E-state index is 11.7. The SMILES string of the molecule is O=C(N/N=C\[C@H]1C[C@H]2CC[C@H]1C2)c1ccc(Br)o1. The molecule has 3 atom stereocenters. The molecule has 0 aromatic carbocycles. The summed E-state index contributed by atoms with van der Waals surface area (Å²) in [5.74, 6) is 2.19. The molecule has 1 aromatic rings. The molecule has 0 spiro atoms. The second-order valence-corrected chi connectivity index (χ2v) is 5.94. The van der Waals surface area contributed by atoms with E-state index in [1.165, 1.54) is 25.7 Å². The van der Waals surface area contributed by atoms with E-state index >= 15 is 0 Å². The van der Waals surface area contributed by atoms with E-state index in [0.29, 0.717) is 10.6 Å². The first kappa shape index (κ1) is 12.0. The lowest BCUT2D eigenvalue weighted by Gasteiger charge is -2.16. The summed E-state index contributed by atoms with van der Waals surface area (Å²) in [7, 11) is 0. The second kappa shape index (κ2) is 4.88. The molecule has 2 bridgehead atoms. The first-order valence-electron chi connectivity index (χ1n) is 6.31. The van der Waals surface area contributed by atoms with E-state index in [2.05, 4.69) is 26.5 Å². The van der Waals surface area contributed by atoms with Crippen LogP contribution in [0.25, 0.3) is 0 Å². The van der Waals surface area contributed by atoms with Gasteiger partial charge in [0.15, 0.2) is 10.4 Å². The normalized spacial score (nSPS) is 30.2. The molecule has 18 heavy (non-hydrogen) atoms. The molecular formula is C13H15BrN2O2. The van der Waals surface area contributed by atoms with Gasteiger partial charge >= 0.3 is 5.91 Å². The lowest BCUT2D eigenvalue weighted by atomic mass is 9.90. The average molecular weight is 311 g/mol. The van der Waals surface area contributed by atoms with Crippen LogP contribution in [-0.2, 0) is 0 Å². The van der Waals surface area contributed by atoms with E-state index in [0.717, 1.165) is 11.8 Å². The summed E-state index contributed by atoms with van der Waals surface area (Å²) in [5.41, 5.74) is 2.51. The quantitative estimate of drug-likeness (QED) is 0.688. The third-order valence-corrected chi connectivity index (χ3v) is 4.45. The fourth-order valence-electron chi connectivity index (χ4n) is 3.16. The van der Waals surface area contributed by atoms with Crippen molar-refractivity contribution in [1.29, 1.82) is 0 Å². The van der Waals surface area contributed by atoms with Crippen molar-refractivity contribution in [3.8, 4) is 0 Å². The van der Waals surface area contributed by atoms with Crippen LogP contribution in [0, 0.1) is 17.8 Å². The Bertz CT molecular complexity index is 483. The summed E-state index contributed by atoms with van der Waals surface area (Å²) in [6, 6.07) is 3.31. The van der Waals surface area contributed by atoms with Crippen LogP contribution in [0.1, 0.15) is 36.2 Å². The summed E-state index contributed by atoms with van der Waals surface area (Å²) < 4.78 is 5.69. The molecule has 96 valence electrons. The largest absolute Gasteiger partial charge is 0.444 e. The Morgan fingerprint density at radius 3 is 2.94 bits per heavy atom. The fraction of sp³-hybridized carbons (Fsp3) is 0.538. The van der Waals surface area contributed by atoms with Crippen molar-refractivity contribution in [2.24, 2.45) is 22.9 Å². The van der Waals surface area contributed by atoms with Crippen molar-refractivity contribution in [1.82, 2.24) is 5.43 Å². The molecule has 2 saturated carbocycles. The Kier molecular flexibility index (Phi) is 3.24. The minimum Gasteiger partial charge on any atom is -0.444 e. The van der Waals surface area contributed by atoms with E-state index in [4.69, 9.17) is 4.42 Å². The van der Waals surface area contributed by atoms with Crippen LogP contribution in [0.15, 0.2) is 26.3 Å². The highest BCUT2D eigenvalue weighted by molar-refractivity contribution is 9.10. The molecule has 1 heterocycles. The lowest BCUT2D eigenvalue weighted by Crippen LogP contribution is -2.19. The van der Waals surface area contributed by atoms with Crippen LogP contribution in [0.4, 0.5) is 0 Å². The number of furan rings is 1. The molecule has 0 radical (unpaired) electrons. The number of hydrazone groups is 1. The minimum atomic E-state index is -0.305. The highest BCUT2D eigenvalue weighted by atomic mass is 79.9. The summed E-state index contributed by atoms with van der Waals surface area (Å²) in [6.45, 7) is 0. The summed E-state index contributed by atoms with van der Waals surface area (Å²) in [4.78, 5) is 11.7. The fourth-order valence-corrected chi connectivity index (χ4v) is 3.47. The van der Waals surface area contributed by atoms with Crippen LogP contribution in [0.2, 0.25) is 0 Å². The van der Waals surface area contributed by atoms with Gasteiger partial charge in [-0.05, 0) is 65.1 Å². The summed E-state index contributed by atoms with van der Waals surface area (Å²) in [6.07, 6.45) is 7.17. The molecule has 1 aromatic heterocycles. The number of fused-ring (bicyclic) bond motifs is 2. The molecule has 0 unspecified atom stereocenters. The van der Waals surface area contributed by atoms with Crippen LogP contribution in [0.3, 0.4) is 0 Å². The van der Waals surface area contributed by atoms with Gasteiger partial charge in [0.1, 0.15) is 0 Å². The predicted molar refractivity (Wildman–Crippen MR) is 71.3 cm³/mol. The number of amides is 1. The van der Waals surface area contributed by atoms with Gasteiger partial charge in [-0.3, -0.25) is 4.79 Å². The van der Waals surface area contributed by atoms with Crippen LogP contribution in [0.5, 0.6) is 0 Å². The van der Waals surface area contributed by atoms with Gasteiger partial charge in [-0.1, -0.05) is 6.42 Å². The van der Waals surface area contributed by atoms with Gasteiger partial charge in [0.05, 0.1) is 0 Å². The van der Waals surface area contributed by atoms with Crippen molar-refractivity contribution in [2.75, 3.05) is 0 Å². The number of nitrogens with one attached hydrogen (secondary N) is 1. The minimum absolute atomic E-state index is 0.270. The molecule has 4 nitrogen and oxygen atoms in total. The zero-order chi connectivity index (χ0) is 12.5. The van der Waals surface area contributed by atoms with E-state index in [1.807, 2.05) is 6.21 Å². The molecule has 0 aliphatic heterocycles. The maximum Gasteiger partial charge on any atom is 0.307 e. The van der Waals surface area contributed by atoms with E-state index in [-0.39, 0.29) is 11.7 Å². The van der Waals surface area contributed by atoms with E-state index in [1.54, 1.807) is 12.1 Å². The average Bonchev–Trinajstić information content (AvgIpc) is 3.04. The van der Waals surface area contributed by atoms with E-state index < -0.39 is 0 Å². The Labute approximate surface area is 114 Å². The molecule has 1 N–H and O–H groups in total. The van der Waals surface area contributed by atoms with Crippen LogP contribution in [-0.4, -0.2) is 12.1 Å². The number of hydrogen-bond donors (Lipinski definition) is 1. The number of halogens is 1. The topological polar surface area (TPSA) is 54.6 Å². The van der Waals surface area contributed by atoms with Crippen molar-refractivity contribution >= 4 is 28.1 Å². The van der Waals surface area contributed by atoms with Crippen molar-refractivity contribution in [2.45, 2.75) is 25.7 Å². The number of rotatable bonds is 3. The van der Waals surface area contributed by atoms with Crippen molar-refractivity contribution in [3.63, 3.8) is 0 Å². The number of carbonyl (C=O) groups excluding carboxylic acids is 1. The van der Waals surface area contributed by atoms with Crippen molar-refractivity contribution in [3.05, 3.63) is 22.6 Å². The predicted octanol–water partition coefficient (Wildman–Crippen LogP) is 3.19. The van der Waals surface area contributed by atoms with Crippen molar-refractivity contribution < 1.29 is 9.21 Å². The molecule has 3 rings (SSSR count). The van der Waals surface area contributed by atoms with Gasteiger partial charge in [-0.25, -0.2) is 5.43 Å². The van der Waals surface area contributed by atoms with Gasteiger partial charge in [-0.2, -0.15) is 5.10 Å². The van der Waals surface area contributed by atoms with Gasteiger partial charge in [0.25, 0.3) is 0 Å². The smallest absolute Gasteiger partial charge is 0.307 e. The lowest BCUT2D eigenvalue weighted by molar-refractivity contribution is 0.0926. The first-order chi connectivity index (χ1) is 8.72. The second-order valence-electron chi connectivity index (χ2n) is 5.16. The van der Waals surface area contributed by atoms with Crippen LogP contribution >= 0.6 is 15.9 Å². The zero-order valence-corrected chi connectivity index (χ0v) is 11.5. The highest BCUT2D eigenvalue weighted by Crippen LogP contribution is 2.47. The Morgan fingerprint density at radius 2 is 2.33 bits per heavy atom. The molecule has 2 aliphatic carbocycles. The number of nitrogens with zero attached hydrogens (tertiary/aromatic N) is 1. The Morgan fingerprint density at radius 1 is 1.44 bits per heavy atom. The summed E-state index contributed by atoms with van der Waals surface area (Å²) >= 11 is 3.16. The Balaban J connectivity index is 1.53. The third-order valence-electron chi connectivity index (χ3n) is 4.02. The Hall–Kier alpha value is -1.10.